The lowest BCUT2D eigenvalue weighted by molar-refractivity contribution is 0.0159. The first-order valence-electron chi connectivity index (χ1n) is 13.4. The van der Waals surface area contributed by atoms with E-state index in [0.29, 0.717) is 36.6 Å². The monoisotopic (exact) mass is 579 g/mol. The fraction of sp³-hybridized carbons (Fsp3) is 0.448. The molecule has 0 unspecified atom stereocenters. The van der Waals surface area contributed by atoms with E-state index in [2.05, 4.69) is 55.0 Å². The van der Waals surface area contributed by atoms with Gasteiger partial charge in [0, 0.05) is 29.0 Å². The maximum Gasteiger partial charge on any atom is 0.280 e. The molecule has 2 aliphatic rings. The molecule has 2 aliphatic heterocycles. The average Bonchev–Trinajstić information content (AvgIpc) is 2.94. The third-order valence-corrected chi connectivity index (χ3v) is 8.54. The predicted molar refractivity (Wildman–Crippen MR) is 153 cm³/mol. The van der Waals surface area contributed by atoms with Crippen molar-refractivity contribution in [3.8, 4) is 0 Å². The van der Waals surface area contributed by atoms with Crippen molar-refractivity contribution < 1.29 is 9.63 Å². The highest BCUT2D eigenvalue weighted by Gasteiger charge is 2.39. The molecule has 1 amide bonds. The molecule has 2 aromatic carbocycles. The summed E-state index contributed by atoms with van der Waals surface area (Å²) >= 11 is 3.52. The molecule has 0 radical (unpaired) electrons. The van der Waals surface area contributed by atoms with E-state index in [9.17, 15) is 9.59 Å². The van der Waals surface area contributed by atoms with Crippen LogP contribution < -0.4 is 5.56 Å². The van der Waals surface area contributed by atoms with Crippen LogP contribution in [0.1, 0.15) is 55.6 Å². The number of aromatic amines is 1. The number of rotatable bonds is 6. The molecule has 0 atom stereocenters. The zero-order valence-corrected chi connectivity index (χ0v) is 23.5. The van der Waals surface area contributed by atoms with Crippen molar-refractivity contribution in [3.05, 3.63) is 74.6 Å². The van der Waals surface area contributed by atoms with Gasteiger partial charge in [-0.1, -0.05) is 45.4 Å². The van der Waals surface area contributed by atoms with Gasteiger partial charge in [0.05, 0.1) is 16.7 Å². The fourth-order valence-electron chi connectivity index (χ4n) is 5.64. The molecule has 2 fully saturated rings. The van der Waals surface area contributed by atoms with Gasteiger partial charge in [0.15, 0.2) is 5.69 Å². The smallest absolute Gasteiger partial charge is 0.280 e. The first-order valence-corrected chi connectivity index (χ1v) is 14.2. The molecule has 38 heavy (non-hydrogen) atoms. The number of likely N-dealkylation sites (tertiary alicyclic amines) is 2. The molecule has 1 N–H and O–H groups in total. The number of fused-ring (bicyclic) bond motifs is 1. The van der Waals surface area contributed by atoms with Crippen LogP contribution in [-0.4, -0.2) is 69.7 Å². The van der Waals surface area contributed by atoms with Crippen molar-refractivity contribution in [2.24, 2.45) is 11.1 Å². The summed E-state index contributed by atoms with van der Waals surface area (Å²) in [6.07, 6.45) is 3.75. The van der Waals surface area contributed by atoms with Gasteiger partial charge in [-0.05, 0) is 82.4 Å². The molecule has 2 saturated heterocycles. The van der Waals surface area contributed by atoms with Crippen molar-refractivity contribution in [2.75, 3.05) is 32.8 Å². The summed E-state index contributed by atoms with van der Waals surface area (Å²) in [6, 6.07) is 15.6. The van der Waals surface area contributed by atoms with Crippen molar-refractivity contribution in [3.63, 3.8) is 0 Å². The standard InChI is InChI=1S/C29H34BrN5O3/c1-3-38-33-25(20-8-10-22(30)11-9-20)21-12-16-35(17-13-21)29(2)14-18-34(19-15-29)28(37)26-27(36)32-24-7-5-4-6-23(24)31-26/h4-11,21H,3,12-19H2,1-2H3,(H,32,36)/b33-25+. The highest BCUT2D eigenvalue weighted by Crippen LogP contribution is 2.34. The molecular formula is C29H34BrN5O3. The van der Waals surface area contributed by atoms with E-state index >= 15 is 0 Å². The lowest BCUT2D eigenvalue weighted by Gasteiger charge is -2.49. The number of para-hydroxylation sites is 2. The lowest BCUT2D eigenvalue weighted by atomic mass is 9.82. The number of oxime groups is 1. The highest BCUT2D eigenvalue weighted by molar-refractivity contribution is 9.10. The zero-order chi connectivity index (χ0) is 26.7. The second-order valence-corrected chi connectivity index (χ2v) is 11.3. The van der Waals surface area contributed by atoms with E-state index in [1.54, 1.807) is 17.0 Å². The predicted octanol–water partition coefficient (Wildman–Crippen LogP) is 4.83. The quantitative estimate of drug-likeness (QED) is 0.333. The van der Waals surface area contributed by atoms with E-state index < -0.39 is 5.56 Å². The second kappa shape index (κ2) is 11.4. The number of halogens is 1. The van der Waals surface area contributed by atoms with Gasteiger partial charge in [0.2, 0.25) is 0 Å². The first-order chi connectivity index (χ1) is 18.4. The Hall–Kier alpha value is -3.04. The Morgan fingerprint density at radius 3 is 2.47 bits per heavy atom. The van der Waals surface area contributed by atoms with E-state index in [-0.39, 0.29) is 17.1 Å². The lowest BCUT2D eigenvalue weighted by Crippen LogP contribution is -2.57. The first kappa shape index (κ1) is 26.6. The molecule has 0 saturated carbocycles. The molecule has 5 rings (SSSR count). The number of hydrogen-bond donors (Lipinski definition) is 1. The number of amides is 1. The van der Waals surface area contributed by atoms with Crippen LogP contribution in [-0.2, 0) is 4.84 Å². The maximum atomic E-state index is 13.2. The summed E-state index contributed by atoms with van der Waals surface area (Å²) < 4.78 is 1.05. The Morgan fingerprint density at radius 2 is 1.79 bits per heavy atom. The second-order valence-electron chi connectivity index (χ2n) is 10.4. The zero-order valence-electron chi connectivity index (χ0n) is 22.0. The van der Waals surface area contributed by atoms with Gasteiger partial charge in [-0.3, -0.25) is 14.5 Å². The van der Waals surface area contributed by atoms with Gasteiger partial charge in [0.25, 0.3) is 11.5 Å². The van der Waals surface area contributed by atoms with E-state index in [1.165, 1.54) is 0 Å². The van der Waals surface area contributed by atoms with Crippen molar-refractivity contribution >= 4 is 38.6 Å². The molecule has 1 aromatic heterocycles. The van der Waals surface area contributed by atoms with Gasteiger partial charge in [-0.25, -0.2) is 4.98 Å². The molecule has 3 heterocycles. The normalized spacial score (nSPS) is 19.0. The van der Waals surface area contributed by atoms with Crippen LogP contribution in [0.4, 0.5) is 0 Å². The van der Waals surface area contributed by atoms with E-state index in [1.807, 2.05) is 31.2 Å². The molecule has 0 bridgehead atoms. The molecule has 3 aromatic rings. The summed E-state index contributed by atoms with van der Waals surface area (Å²) in [5.74, 6) is 0.0546. The Kier molecular flexibility index (Phi) is 7.95. The minimum absolute atomic E-state index is 0.0137. The number of nitrogens with zero attached hydrogens (tertiary/aromatic N) is 4. The van der Waals surface area contributed by atoms with Crippen LogP contribution in [0.25, 0.3) is 11.0 Å². The summed E-state index contributed by atoms with van der Waals surface area (Å²) in [5.41, 5.74) is 2.95. The molecule has 8 nitrogen and oxygen atoms in total. The number of nitrogens with one attached hydrogen (secondary N) is 1. The Morgan fingerprint density at radius 1 is 1.11 bits per heavy atom. The molecule has 9 heteroatoms. The summed E-state index contributed by atoms with van der Waals surface area (Å²) in [4.78, 5) is 42.8. The topological polar surface area (TPSA) is 90.9 Å². The molecule has 0 aliphatic carbocycles. The highest BCUT2D eigenvalue weighted by atomic mass is 79.9. The minimum atomic E-state index is -0.431. The van der Waals surface area contributed by atoms with Crippen LogP contribution in [0.3, 0.4) is 0 Å². The van der Waals surface area contributed by atoms with Crippen molar-refractivity contribution in [1.29, 1.82) is 0 Å². The number of H-pyrrole nitrogens is 1. The Bertz CT molecular complexity index is 1370. The number of benzene rings is 2. The number of piperidine rings is 2. The van der Waals surface area contributed by atoms with E-state index in [4.69, 9.17) is 4.84 Å². The third-order valence-electron chi connectivity index (χ3n) is 8.01. The van der Waals surface area contributed by atoms with Crippen LogP contribution >= 0.6 is 15.9 Å². The maximum absolute atomic E-state index is 13.2. The SMILES string of the molecule is CCO/N=C(\c1ccc(Br)cc1)C1CCN(C2(C)CCN(C(=O)c3nc4ccccc4[nH]c3=O)CC2)CC1. The van der Waals surface area contributed by atoms with Crippen LogP contribution in [0.2, 0.25) is 0 Å². The van der Waals surface area contributed by atoms with Crippen LogP contribution in [0, 0.1) is 5.92 Å². The number of carbonyl (C=O) groups excluding carboxylic acids is 1. The summed E-state index contributed by atoms with van der Waals surface area (Å²) in [5, 5.41) is 4.51. The summed E-state index contributed by atoms with van der Waals surface area (Å²) in [6.45, 7) is 7.98. The molecule has 0 spiro atoms. The Labute approximate surface area is 231 Å². The minimum Gasteiger partial charge on any atom is -0.396 e. The van der Waals surface area contributed by atoms with E-state index in [0.717, 1.165) is 54.5 Å². The van der Waals surface area contributed by atoms with Gasteiger partial charge in [0.1, 0.15) is 6.61 Å². The molecule has 200 valence electrons. The van der Waals surface area contributed by atoms with Crippen LogP contribution in [0.5, 0.6) is 0 Å². The van der Waals surface area contributed by atoms with Crippen molar-refractivity contribution in [2.45, 2.75) is 45.1 Å². The number of carbonyl (C=O) groups is 1. The molecular weight excluding hydrogens is 546 g/mol. The fourth-order valence-corrected chi connectivity index (χ4v) is 5.91. The van der Waals surface area contributed by atoms with Gasteiger partial charge in [-0.15, -0.1) is 0 Å². The summed E-state index contributed by atoms with van der Waals surface area (Å²) in [7, 11) is 0. The average molecular weight is 581 g/mol. The van der Waals surface area contributed by atoms with Gasteiger partial charge >= 0.3 is 0 Å². The van der Waals surface area contributed by atoms with Gasteiger partial charge < -0.3 is 14.7 Å². The third kappa shape index (κ3) is 5.54. The number of aromatic nitrogens is 2. The Balaban J connectivity index is 1.22. The number of hydrogen-bond acceptors (Lipinski definition) is 6. The largest absolute Gasteiger partial charge is 0.396 e. The van der Waals surface area contributed by atoms with Crippen molar-refractivity contribution in [1.82, 2.24) is 19.8 Å². The van der Waals surface area contributed by atoms with Crippen LogP contribution in [0.15, 0.2) is 63.0 Å². The van der Waals surface area contributed by atoms with Gasteiger partial charge in [-0.2, -0.15) is 0 Å².